The maximum atomic E-state index is 10.9. The van der Waals surface area contributed by atoms with E-state index < -0.39 is 4.92 Å². The van der Waals surface area contributed by atoms with E-state index >= 15 is 0 Å². The van der Waals surface area contributed by atoms with Crippen LogP contribution >= 0.6 is 0 Å². The van der Waals surface area contributed by atoms with E-state index in [1.807, 2.05) is 13.8 Å². The van der Waals surface area contributed by atoms with Crippen LogP contribution in [0.4, 0.5) is 11.4 Å². The quantitative estimate of drug-likeness (QED) is 0.629. The number of nitrogens with one attached hydrogen (secondary N) is 1. The van der Waals surface area contributed by atoms with Gasteiger partial charge >= 0.3 is 5.69 Å². The Labute approximate surface area is 93.6 Å². The minimum Gasteiger partial charge on any atom is -0.484 e. The van der Waals surface area contributed by atoms with Crippen LogP contribution in [-0.4, -0.2) is 17.6 Å². The summed E-state index contributed by atoms with van der Waals surface area (Å²) in [4.78, 5) is 10.5. The minimum atomic E-state index is -0.393. The van der Waals surface area contributed by atoms with E-state index in [0.29, 0.717) is 5.75 Å². The van der Waals surface area contributed by atoms with Crippen molar-refractivity contribution in [2.75, 3.05) is 11.9 Å². The number of nitrogens with zero attached hydrogens (tertiary/aromatic N) is 1. The summed E-state index contributed by atoms with van der Waals surface area (Å²) < 4.78 is 5.45. The molecule has 0 bridgehead atoms. The van der Waals surface area contributed by atoms with Crippen molar-refractivity contribution in [3.05, 3.63) is 27.8 Å². The van der Waals surface area contributed by atoms with Gasteiger partial charge in [0.2, 0.25) is 0 Å². The Morgan fingerprint density at radius 1 is 1.50 bits per heavy atom. The summed E-state index contributed by atoms with van der Waals surface area (Å²) in [5.41, 5.74) is 1.99. The molecule has 1 aliphatic heterocycles. The zero-order valence-electron chi connectivity index (χ0n) is 9.32. The Hall–Kier alpha value is -1.78. The first-order valence-electron chi connectivity index (χ1n) is 5.30. The summed E-state index contributed by atoms with van der Waals surface area (Å²) in [7, 11) is 0. The fourth-order valence-corrected chi connectivity index (χ4v) is 1.81. The third-order valence-electron chi connectivity index (χ3n) is 2.45. The molecule has 16 heavy (non-hydrogen) atoms. The van der Waals surface area contributed by atoms with Crippen LogP contribution in [0.3, 0.4) is 0 Å². The van der Waals surface area contributed by atoms with Crippen LogP contribution in [0.1, 0.15) is 19.4 Å². The Morgan fingerprint density at radius 3 is 2.88 bits per heavy atom. The van der Waals surface area contributed by atoms with Crippen molar-refractivity contribution in [3.8, 4) is 5.75 Å². The van der Waals surface area contributed by atoms with Gasteiger partial charge in [0, 0.05) is 24.4 Å². The lowest BCUT2D eigenvalue weighted by Crippen LogP contribution is -2.07. The van der Waals surface area contributed by atoms with Gasteiger partial charge in [0.15, 0.2) is 5.75 Å². The van der Waals surface area contributed by atoms with E-state index in [2.05, 4.69) is 5.32 Å². The van der Waals surface area contributed by atoms with Crippen LogP contribution in [-0.2, 0) is 6.42 Å². The van der Waals surface area contributed by atoms with Gasteiger partial charge in [0.1, 0.15) is 0 Å². The third kappa shape index (κ3) is 1.93. The van der Waals surface area contributed by atoms with Crippen molar-refractivity contribution in [1.82, 2.24) is 0 Å². The summed E-state index contributed by atoms with van der Waals surface area (Å²) >= 11 is 0. The zero-order chi connectivity index (χ0) is 11.7. The number of fused-ring (bicyclic) bond motifs is 1. The van der Waals surface area contributed by atoms with Gasteiger partial charge in [-0.2, -0.15) is 0 Å². The molecule has 0 fully saturated rings. The lowest BCUT2D eigenvalue weighted by molar-refractivity contribution is -0.386. The molecule has 0 radical (unpaired) electrons. The van der Waals surface area contributed by atoms with Crippen molar-refractivity contribution in [1.29, 1.82) is 0 Å². The van der Waals surface area contributed by atoms with Crippen molar-refractivity contribution >= 4 is 11.4 Å². The summed E-state index contributed by atoms with van der Waals surface area (Å²) in [5, 5.41) is 14.1. The number of nitro groups is 1. The van der Waals surface area contributed by atoms with Crippen molar-refractivity contribution in [2.45, 2.75) is 26.4 Å². The Kier molecular flexibility index (Phi) is 2.68. The Bertz CT molecular complexity index is 429. The first-order chi connectivity index (χ1) is 7.58. The first-order valence-corrected chi connectivity index (χ1v) is 5.30. The minimum absolute atomic E-state index is 0.0520. The van der Waals surface area contributed by atoms with Crippen LogP contribution in [0.25, 0.3) is 0 Å². The second-order valence-electron chi connectivity index (χ2n) is 4.08. The molecule has 1 heterocycles. The highest BCUT2D eigenvalue weighted by molar-refractivity contribution is 5.65. The molecule has 1 aromatic rings. The van der Waals surface area contributed by atoms with Gasteiger partial charge in [-0.15, -0.1) is 0 Å². The van der Waals surface area contributed by atoms with E-state index in [1.54, 1.807) is 12.1 Å². The summed E-state index contributed by atoms with van der Waals surface area (Å²) in [6.07, 6.45) is 0.760. The fourth-order valence-electron chi connectivity index (χ4n) is 1.81. The lowest BCUT2D eigenvalue weighted by atomic mass is 10.1. The molecule has 1 aliphatic rings. The van der Waals surface area contributed by atoms with E-state index in [9.17, 15) is 10.1 Å². The molecule has 0 spiro atoms. The van der Waals surface area contributed by atoms with Crippen LogP contribution in [0.15, 0.2) is 12.1 Å². The third-order valence-corrected chi connectivity index (χ3v) is 2.45. The lowest BCUT2D eigenvalue weighted by Gasteiger charge is -2.11. The standard InChI is InChI=1S/C11H14N2O3/c1-7(2)16-11-6-9-8(3-4-12-9)5-10(11)13(14)15/h5-7,12H,3-4H2,1-2H3. The molecular weight excluding hydrogens is 208 g/mol. The fraction of sp³-hybridized carbons (Fsp3) is 0.455. The highest BCUT2D eigenvalue weighted by Gasteiger charge is 2.22. The van der Waals surface area contributed by atoms with Gasteiger partial charge in [-0.05, 0) is 25.8 Å². The molecule has 0 amide bonds. The second kappa shape index (κ2) is 4.00. The first kappa shape index (κ1) is 10.7. The van der Waals surface area contributed by atoms with Gasteiger partial charge in [0.05, 0.1) is 11.0 Å². The number of ether oxygens (including phenoxy) is 1. The zero-order valence-corrected chi connectivity index (χ0v) is 9.32. The van der Waals surface area contributed by atoms with E-state index in [4.69, 9.17) is 4.74 Å². The molecule has 1 N–H and O–H groups in total. The van der Waals surface area contributed by atoms with Crippen LogP contribution in [0, 0.1) is 10.1 Å². The molecule has 0 saturated heterocycles. The number of benzene rings is 1. The highest BCUT2D eigenvalue weighted by atomic mass is 16.6. The largest absolute Gasteiger partial charge is 0.484 e. The van der Waals surface area contributed by atoms with E-state index in [1.165, 1.54) is 0 Å². The van der Waals surface area contributed by atoms with Crippen LogP contribution in [0.2, 0.25) is 0 Å². The average molecular weight is 222 g/mol. The molecule has 2 rings (SSSR count). The van der Waals surface area contributed by atoms with Gasteiger partial charge in [-0.1, -0.05) is 0 Å². The summed E-state index contributed by atoms with van der Waals surface area (Å²) in [5.74, 6) is 0.341. The topological polar surface area (TPSA) is 64.4 Å². The molecule has 0 saturated carbocycles. The molecule has 0 aliphatic carbocycles. The van der Waals surface area contributed by atoms with E-state index in [-0.39, 0.29) is 11.8 Å². The molecule has 86 valence electrons. The summed E-state index contributed by atoms with van der Waals surface area (Å²) in [6, 6.07) is 3.33. The van der Waals surface area contributed by atoms with Gasteiger partial charge < -0.3 is 10.1 Å². The Morgan fingerprint density at radius 2 is 2.25 bits per heavy atom. The van der Waals surface area contributed by atoms with Crippen molar-refractivity contribution in [2.24, 2.45) is 0 Å². The predicted octanol–water partition coefficient (Wildman–Crippen LogP) is 2.35. The monoisotopic (exact) mass is 222 g/mol. The summed E-state index contributed by atoms with van der Waals surface area (Å²) in [6.45, 7) is 4.53. The maximum Gasteiger partial charge on any atom is 0.311 e. The molecular formula is C11H14N2O3. The molecule has 0 aromatic heterocycles. The van der Waals surface area contributed by atoms with Crippen molar-refractivity contribution in [3.63, 3.8) is 0 Å². The van der Waals surface area contributed by atoms with Crippen LogP contribution < -0.4 is 10.1 Å². The van der Waals surface area contributed by atoms with Gasteiger partial charge in [0.25, 0.3) is 0 Å². The maximum absolute atomic E-state index is 10.9. The average Bonchev–Trinajstić information content (AvgIpc) is 2.62. The number of nitro benzene ring substituents is 1. The predicted molar refractivity (Wildman–Crippen MR) is 61.1 cm³/mol. The molecule has 5 nitrogen and oxygen atoms in total. The normalized spacial score (nSPS) is 13.4. The van der Waals surface area contributed by atoms with Crippen LogP contribution in [0.5, 0.6) is 5.75 Å². The molecule has 5 heteroatoms. The van der Waals surface area contributed by atoms with E-state index in [0.717, 1.165) is 24.2 Å². The molecule has 1 aromatic carbocycles. The number of anilines is 1. The number of rotatable bonds is 3. The van der Waals surface area contributed by atoms with Crippen molar-refractivity contribution < 1.29 is 9.66 Å². The Balaban J connectivity index is 2.44. The number of hydrogen-bond acceptors (Lipinski definition) is 4. The van der Waals surface area contributed by atoms with Gasteiger partial charge in [-0.25, -0.2) is 0 Å². The van der Waals surface area contributed by atoms with Gasteiger partial charge in [-0.3, -0.25) is 10.1 Å². The second-order valence-corrected chi connectivity index (χ2v) is 4.08. The molecule has 0 atom stereocenters. The molecule has 0 unspecified atom stereocenters. The SMILES string of the molecule is CC(C)Oc1cc2c(cc1[N+](=O)[O-])CCN2. The highest BCUT2D eigenvalue weighted by Crippen LogP contribution is 2.36. The smallest absolute Gasteiger partial charge is 0.311 e. The number of hydrogen-bond donors (Lipinski definition) is 1.